The van der Waals surface area contributed by atoms with Crippen LogP contribution in [0.1, 0.15) is 36.1 Å². The van der Waals surface area contributed by atoms with E-state index in [2.05, 4.69) is 11.4 Å². The number of thiocarbonyl (C=S) groups is 1. The maximum atomic E-state index is 5.80. The van der Waals surface area contributed by atoms with Gasteiger partial charge >= 0.3 is 0 Å². The Kier molecular flexibility index (Phi) is 5.10. The van der Waals surface area contributed by atoms with Crippen LogP contribution in [0.25, 0.3) is 0 Å². The lowest BCUT2D eigenvalue weighted by molar-refractivity contribution is 0.197. The number of fused-ring (bicyclic) bond motifs is 1. The molecule has 0 bridgehead atoms. The Morgan fingerprint density at radius 1 is 1.47 bits per heavy atom. The van der Waals surface area contributed by atoms with Gasteiger partial charge in [0.25, 0.3) is 0 Å². The van der Waals surface area contributed by atoms with E-state index < -0.39 is 0 Å². The summed E-state index contributed by atoms with van der Waals surface area (Å²) in [5, 5.41) is 3.32. The number of hydrogen-bond acceptors (Lipinski definition) is 4. The molecule has 0 aromatic carbocycles. The summed E-state index contributed by atoms with van der Waals surface area (Å²) < 4.78 is 5.04. The Morgan fingerprint density at radius 3 is 3.00 bits per heavy atom. The molecule has 5 heteroatoms. The fourth-order valence-corrected chi connectivity index (χ4v) is 2.54. The van der Waals surface area contributed by atoms with Crippen LogP contribution in [0, 0.1) is 0 Å². The van der Waals surface area contributed by atoms with E-state index in [9.17, 15) is 0 Å². The third-order valence-electron chi connectivity index (χ3n) is 3.38. The second-order valence-electron chi connectivity index (χ2n) is 4.83. The van der Waals surface area contributed by atoms with Crippen LogP contribution < -0.4 is 11.1 Å². The molecular weight excluding hydrogens is 258 g/mol. The van der Waals surface area contributed by atoms with Gasteiger partial charge in [0.2, 0.25) is 0 Å². The zero-order valence-electron chi connectivity index (χ0n) is 11.4. The molecular formula is C14H21N3OS. The average Bonchev–Trinajstić information content (AvgIpc) is 2.42. The number of aryl methyl sites for hydroxylation is 2. The lowest BCUT2D eigenvalue weighted by Gasteiger charge is -2.19. The third kappa shape index (κ3) is 3.64. The summed E-state index contributed by atoms with van der Waals surface area (Å²) in [5.74, 6) is 0.823. The third-order valence-corrected chi connectivity index (χ3v) is 3.60. The number of ether oxygens (including phenoxy) is 1. The summed E-state index contributed by atoms with van der Waals surface area (Å²) in [7, 11) is 1.71. The smallest absolute Gasteiger partial charge is 0.136 e. The maximum Gasteiger partial charge on any atom is 0.136 e. The Balaban J connectivity index is 2.17. The van der Waals surface area contributed by atoms with Crippen molar-refractivity contribution in [1.29, 1.82) is 0 Å². The van der Waals surface area contributed by atoms with Crippen molar-refractivity contribution in [1.82, 2.24) is 4.98 Å². The minimum absolute atomic E-state index is 0.412. The standard InChI is InChI=1S/C14H21N3OS/c1-18-8-4-7-16-14-11(13(15)19)9-10-5-2-3-6-12(10)17-14/h9H,2-8H2,1H3,(H2,15,19)(H,16,17). The van der Waals surface area contributed by atoms with Crippen molar-refractivity contribution in [2.45, 2.75) is 32.1 Å². The molecule has 0 radical (unpaired) electrons. The number of nitrogens with zero attached hydrogens (tertiary/aromatic N) is 1. The van der Waals surface area contributed by atoms with Crippen LogP contribution in [-0.4, -0.2) is 30.2 Å². The monoisotopic (exact) mass is 279 g/mol. The minimum Gasteiger partial charge on any atom is -0.389 e. The quantitative estimate of drug-likeness (QED) is 0.616. The molecule has 19 heavy (non-hydrogen) atoms. The van der Waals surface area contributed by atoms with Crippen molar-refractivity contribution >= 4 is 23.0 Å². The topological polar surface area (TPSA) is 60.2 Å². The molecule has 0 saturated carbocycles. The first-order valence-corrected chi connectivity index (χ1v) is 7.18. The van der Waals surface area contributed by atoms with Gasteiger partial charge in [0.05, 0.1) is 5.56 Å². The van der Waals surface area contributed by atoms with Crippen LogP contribution >= 0.6 is 12.2 Å². The highest BCUT2D eigenvalue weighted by Crippen LogP contribution is 2.24. The van der Waals surface area contributed by atoms with E-state index in [1.807, 2.05) is 0 Å². The molecule has 0 atom stereocenters. The molecule has 1 aromatic heterocycles. The second-order valence-corrected chi connectivity index (χ2v) is 5.27. The van der Waals surface area contributed by atoms with Crippen LogP contribution in [0.5, 0.6) is 0 Å². The van der Waals surface area contributed by atoms with E-state index in [4.69, 9.17) is 27.7 Å². The summed E-state index contributed by atoms with van der Waals surface area (Å²) in [6.45, 7) is 1.55. The number of nitrogens with two attached hydrogens (primary N) is 1. The molecule has 1 heterocycles. The van der Waals surface area contributed by atoms with Crippen LogP contribution in [0.15, 0.2) is 6.07 Å². The Morgan fingerprint density at radius 2 is 2.26 bits per heavy atom. The van der Waals surface area contributed by atoms with E-state index in [-0.39, 0.29) is 0 Å². The van der Waals surface area contributed by atoms with Crippen molar-refractivity contribution in [3.63, 3.8) is 0 Å². The fourth-order valence-electron chi connectivity index (χ4n) is 2.38. The van der Waals surface area contributed by atoms with Crippen LogP contribution in [-0.2, 0) is 17.6 Å². The molecule has 3 N–H and O–H groups in total. The van der Waals surface area contributed by atoms with E-state index in [1.54, 1.807) is 7.11 Å². The fraction of sp³-hybridized carbons (Fsp3) is 0.571. The normalized spacial score (nSPS) is 13.9. The molecule has 4 nitrogen and oxygen atoms in total. The van der Waals surface area contributed by atoms with Gasteiger partial charge in [-0.1, -0.05) is 12.2 Å². The van der Waals surface area contributed by atoms with Gasteiger partial charge in [0, 0.05) is 26.0 Å². The highest BCUT2D eigenvalue weighted by atomic mass is 32.1. The molecule has 1 aliphatic carbocycles. The van der Waals surface area contributed by atoms with Crippen molar-refractivity contribution in [3.05, 3.63) is 22.9 Å². The summed E-state index contributed by atoms with van der Waals surface area (Å²) in [6.07, 6.45) is 5.52. The zero-order chi connectivity index (χ0) is 13.7. The predicted molar refractivity (Wildman–Crippen MR) is 81.7 cm³/mol. The number of aromatic nitrogens is 1. The summed E-state index contributed by atoms with van der Waals surface area (Å²) in [6, 6.07) is 2.11. The molecule has 0 saturated heterocycles. The van der Waals surface area contributed by atoms with E-state index in [0.29, 0.717) is 4.99 Å². The second kappa shape index (κ2) is 6.82. The Hall–Kier alpha value is -1.20. The number of methoxy groups -OCH3 is 1. The number of anilines is 1. The summed E-state index contributed by atoms with van der Waals surface area (Å²) >= 11 is 5.13. The zero-order valence-corrected chi connectivity index (χ0v) is 12.2. The van der Waals surface area contributed by atoms with Gasteiger partial charge in [-0.2, -0.15) is 0 Å². The number of pyridine rings is 1. The molecule has 0 aliphatic heterocycles. The molecule has 0 fully saturated rings. The maximum absolute atomic E-state index is 5.80. The minimum atomic E-state index is 0.412. The Labute approximate surface area is 119 Å². The van der Waals surface area contributed by atoms with Crippen LogP contribution in [0.3, 0.4) is 0 Å². The first-order valence-electron chi connectivity index (χ1n) is 6.77. The van der Waals surface area contributed by atoms with E-state index in [0.717, 1.165) is 43.8 Å². The van der Waals surface area contributed by atoms with Crippen molar-refractivity contribution < 1.29 is 4.74 Å². The van der Waals surface area contributed by atoms with Gasteiger partial charge in [0.15, 0.2) is 0 Å². The molecule has 2 rings (SSSR count). The van der Waals surface area contributed by atoms with Crippen molar-refractivity contribution in [2.75, 3.05) is 25.6 Å². The van der Waals surface area contributed by atoms with Gasteiger partial charge in [-0.05, 0) is 43.7 Å². The van der Waals surface area contributed by atoms with Crippen LogP contribution in [0.2, 0.25) is 0 Å². The van der Waals surface area contributed by atoms with Gasteiger partial charge in [-0.3, -0.25) is 0 Å². The highest BCUT2D eigenvalue weighted by Gasteiger charge is 2.16. The molecule has 1 aromatic rings. The summed E-state index contributed by atoms with van der Waals surface area (Å²) in [4.78, 5) is 5.12. The van der Waals surface area contributed by atoms with Gasteiger partial charge in [-0.15, -0.1) is 0 Å². The number of nitrogens with one attached hydrogen (secondary N) is 1. The molecule has 0 unspecified atom stereocenters. The first-order chi connectivity index (χ1) is 9.22. The van der Waals surface area contributed by atoms with Gasteiger partial charge in [-0.25, -0.2) is 4.98 Å². The molecule has 104 valence electrons. The largest absolute Gasteiger partial charge is 0.389 e. The SMILES string of the molecule is COCCCNc1nc2c(cc1C(N)=S)CCCC2. The van der Waals surface area contributed by atoms with Crippen LogP contribution in [0.4, 0.5) is 5.82 Å². The lowest BCUT2D eigenvalue weighted by atomic mass is 9.94. The highest BCUT2D eigenvalue weighted by molar-refractivity contribution is 7.80. The van der Waals surface area contributed by atoms with Gasteiger partial charge < -0.3 is 15.8 Å². The number of rotatable bonds is 6. The van der Waals surface area contributed by atoms with E-state index >= 15 is 0 Å². The number of hydrogen-bond donors (Lipinski definition) is 2. The average molecular weight is 279 g/mol. The van der Waals surface area contributed by atoms with Crippen molar-refractivity contribution in [2.24, 2.45) is 5.73 Å². The Bertz CT molecular complexity index is 462. The van der Waals surface area contributed by atoms with E-state index in [1.165, 1.54) is 24.1 Å². The molecule has 1 aliphatic rings. The lowest BCUT2D eigenvalue weighted by Crippen LogP contribution is -2.18. The van der Waals surface area contributed by atoms with Gasteiger partial charge in [0.1, 0.15) is 10.8 Å². The predicted octanol–water partition coefficient (Wildman–Crippen LogP) is 2.04. The summed E-state index contributed by atoms with van der Waals surface area (Å²) in [5.41, 5.74) is 9.17. The van der Waals surface area contributed by atoms with Crippen molar-refractivity contribution in [3.8, 4) is 0 Å². The molecule has 0 spiro atoms. The molecule has 0 amide bonds. The first kappa shape index (κ1) is 14.2.